The number of phenolic OH excluding ortho intramolecular Hbond substituents is 1. The molecule has 0 spiro atoms. The van der Waals surface area contributed by atoms with Gasteiger partial charge >= 0.3 is 12.0 Å². The third-order valence-corrected chi connectivity index (χ3v) is 4.98. The van der Waals surface area contributed by atoms with Gasteiger partial charge in [0.15, 0.2) is 11.5 Å². The molecule has 1 fully saturated rings. The van der Waals surface area contributed by atoms with Gasteiger partial charge in [0.1, 0.15) is 18.3 Å². The Morgan fingerprint density at radius 1 is 1.20 bits per heavy atom. The highest BCUT2D eigenvalue weighted by Gasteiger charge is 2.39. The SMILES string of the molecule is C=C1NC(=O)NC(c2cc(Cl)c(O)c(OC)c2)C1C(=O)OCc1ccc(OC)cc1. The van der Waals surface area contributed by atoms with Crippen LogP contribution in [0.5, 0.6) is 17.2 Å². The van der Waals surface area contributed by atoms with E-state index >= 15 is 0 Å². The third-order valence-electron chi connectivity index (χ3n) is 4.69. The number of hydrogen-bond acceptors (Lipinski definition) is 6. The molecule has 0 bridgehead atoms. The monoisotopic (exact) mass is 432 g/mol. The van der Waals surface area contributed by atoms with Crippen molar-refractivity contribution < 1.29 is 28.9 Å². The number of urea groups is 1. The first-order valence-electron chi connectivity index (χ1n) is 8.96. The van der Waals surface area contributed by atoms with E-state index in [9.17, 15) is 14.7 Å². The number of rotatable bonds is 6. The van der Waals surface area contributed by atoms with Crippen LogP contribution < -0.4 is 20.1 Å². The predicted octanol–water partition coefficient (Wildman–Crippen LogP) is 3.29. The Morgan fingerprint density at radius 2 is 1.90 bits per heavy atom. The molecule has 2 atom stereocenters. The lowest BCUT2D eigenvalue weighted by atomic mass is 9.89. The van der Waals surface area contributed by atoms with Crippen molar-refractivity contribution in [3.8, 4) is 17.2 Å². The first-order chi connectivity index (χ1) is 14.3. The maximum absolute atomic E-state index is 12.9. The molecule has 1 aliphatic heterocycles. The van der Waals surface area contributed by atoms with Gasteiger partial charge in [-0.2, -0.15) is 0 Å². The maximum atomic E-state index is 12.9. The lowest BCUT2D eigenvalue weighted by Crippen LogP contribution is -2.51. The number of halogens is 1. The number of carbonyl (C=O) groups is 2. The quantitative estimate of drug-likeness (QED) is 0.605. The fourth-order valence-corrected chi connectivity index (χ4v) is 3.35. The number of phenols is 1. The van der Waals surface area contributed by atoms with E-state index in [4.69, 9.17) is 25.8 Å². The zero-order chi connectivity index (χ0) is 21.8. The van der Waals surface area contributed by atoms with Crippen LogP contribution in [0, 0.1) is 5.92 Å². The molecule has 2 unspecified atom stereocenters. The Balaban J connectivity index is 1.84. The van der Waals surface area contributed by atoms with Crippen LogP contribution in [-0.2, 0) is 16.1 Å². The molecule has 9 heteroatoms. The highest BCUT2D eigenvalue weighted by Crippen LogP contribution is 2.40. The van der Waals surface area contributed by atoms with Crippen molar-refractivity contribution >= 4 is 23.6 Å². The smallest absolute Gasteiger partial charge is 0.319 e. The summed E-state index contributed by atoms with van der Waals surface area (Å²) in [6.45, 7) is 3.83. The molecular weight excluding hydrogens is 412 g/mol. The first kappa shape index (κ1) is 21.3. The van der Waals surface area contributed by atoms with Crippen molar-refractivity contribution in [2.24, 2.45) is 5.92 Å². The minimum atomic E-state index is -0.925. The summed E-state index contributed by atoms with van der Waals surface area (Å²) < 4.78 is 15.7. The van der Waals surface area contributed by atoms with Crippen molar-refractivity contribution in [2.75, 3.05) is 14.2 Å². The fourth-order valence-electron chi connectivity index (χ4n) is 3.13. The van der Waals surface area contributed by atoms with Gasteiger partial charge in [0.2, 0.25) is 0 Å². The molecule has 2 aromatic carbocycles. The molecule has 3 rings (SSSR count). The van der Waals surface area contributed by atoms with Gasteiger partial charge in [0.05, 0.1) is 25.3 Å². The van der Waals surface area contributed by atoms with E-state index in [0.29, 0.717) is 11.3 Å². The van der Waals surface area contributed by atoms with Crippen LogP contribution in [0.1, 0.15) is 17.2 Å². The van der Waals surface area contributed by atoms with Crippen molar-refractivity contribution in [3.05, 3.63) is 64.8 Å². The van der Waals surface area contributed by atoms with E-state index in [2.05, 4.69) is 17.2 Å². The molecule has 1 aliphatic rings. The third kappa shape index (κ3) is 4.44. The van der Waals surface area contributed by atoms with Gasteiger partial charge in [0, 0.05) is 5.70 Å². The second-order valence-corrected chi connectivity index (χ2v) is 7.00. The number of esters is 1. The highest BCUT2D eigenvalue weighted by atomic mass is 35.5. The second kappa shape index (κ2) is 8.96. The minimum absolute atomic E-state index is 0.0214. The zero-order valence-corrected chi connectivity index (χ0v) is 17.2. The zero-order valence-electron chi connectivity index (χ0n) is 16.4. The molecule has 30 heavy (non-hydrogen) atoms. The van der Waals surface area contributed by atoms with E-state index in [0.717, 1.165) is 5.56 Å². The molecule has 0 radical (unpaired) electrons. The molecule has 8 nitrogen and oxygen atoms in total. The van der Waals surface area contributed by atoms with Crippen molar-refractivity contribution in [1.82, 2.24) is 10.6 Å². The molecule has 3 N–H and O–H groups in total. The lowest BCUT2D eigenvalue weighted by molar-refractivity contribution is -0.149. The summed E-state index contributed by atoms with van der Waals surface area (Å²) in [5, 5.41) is 15.2. The number of methoxy groups -OCH3 is 2. The lowest BCUT2D eigenvalue weighted by Gasteiger charge is -2.33. The molecule has 2 amide bonds. The average Bonchev–Trinajstić information content (AvgIpc) is 2.73. The van der Waals surface area contributed by atoms with Crippen LogP contribution >= 0.6 is 11.6 Å². The van der Waals surface area contributed by atoms with Crippen LogP contribution in [0.25, 0.3) is 0 Å². The molecule has 1 heterocycles. The molecule has 2 aromatic rings. The average molecular weight is 433 g/mol. The summed E-state index contributed by atoms with van der Waals surface area (Å²) in [5.74, 6) is -0.944. The van der Waals surface area contributed by atoms with Gasteiger partial charge in [-0.05, 0) is 35.4 Å². The van der Waals surface area contributed by atoms with Gasteiger partial charge < -0.3 is 30.0 Å². The number of amides is 2. The van der Waals surface area contributed by atoms with Crippen LogP contribution in [0.3, 0.4) is 0 Å². The molecule has 0 aliphatic carbocycles. The van der Waals surface area contributed by atoms with Crippen LogP contribution in [0.4, 0.5) is 4.79 Å². The Bertz CT molecular complexity index is 976. The second-order valence-electron chi connectivity index (χ2n) is 6.59. The standard InChI is InChI=1S/C21H21ClN2O6/c1-11-17(20(26)30-10-12-4-6-14(28-2)7-5-12)18(24-21(27)23-11)13-8-15(22)19(25)16(9-13)29-3/h4-9,17-18,25H,1,10H2,2-3H3,(H2,23,24,27). The normalized spacial score (nSPS) is 18.2. The Labute approximate surface area is 178 Å². The summed E-state index contributed by atoms with van der Waals surface area (Å²) >= 11 is 6.08. The van der Waals surface area contributed by atoms with Crippen LogP contribution in [0.15, 0.2) is 48.7 Å². The summed E-state index contributed by atoms with van der Waals surface area (Å²) in [6.07, 6.45) is 0. The van der Waals surface area contributed by atoms with Gasteiger partial charge in [-0.25, -0.2) is 4.79 Å². The number of ether oxygens (including phenoxy) is 3. The summed E-state index contributed by atoms with van der Waals surface area (Å²) in [6, 6.07) is 8.69. The highest BCUT2D eigenvalue weighted by molar-refractivity contribution is 6.32. The number of hydrogen-bond donors (Lipinski definition) is 3. The number of nitrogens with one attached hydrogen (secondary N) is 2. The topological polar surface area (TPSA) is 106 Å². The largest absolute Gasteiger partial charge is 0.503 e. The van der Waals surface area contributed by atoms with E-state index < -0.39 is 24.0 Å². The molecule has 0 saturated carbocycles. The van der Waals surface area contributed by atoms with Crippen molar-refractivity contribution in [2.45, 2.75) is 12.6 Å². The van der Waals surface area contributed by atoms with Gasteiger partial charge in [-0.15, -0.1) is 0 Å². The fraction of sp³-hybridized carbons (Fsp3) is 0.238. The molecule has 1 saturated heterocycles. The van der Waals surface area contributed by atoms with Crippen LogP contribution in [0.2, 0.25) is 5.02 Å². The van der Waals surface area contributed by atoms with E-state index in [1.54, 1.807) is 31.4 Å². The maximum Gasteiger partial charge on any atom is 0.319 e. The molecule has 158 valence electrons. The molecule has 0 aromatic heterocycles. The van der Waals surface area contributed by atoms with Crippen molar-refractivity contribution in [1.29, 1.82) is 0 Å². The van der Waals surface area contributed by atoms with E-state index in [1.807, 2.05) is 0 Å². The van der Waals surface area contributed by atoms with E-state index in [-0.39, 0.29) is 28.8 Å². The number of aromatic hydroxyl groups is 1. The summed E-state index contributed by atoms with van der Waals surface area (Å²) in [7, 11) is 2.94. The van der Waals surface area contributed by atoms with Gasteiger partial charge in [0.25, 0.3) is 0 Å². The van der Waals surface area contributed by atoms with Gasteiger partial charge in [-0.3, -0.25) is 4.79 Å². The first-order valence-corrected chi connectivity index (χ1v) is 9.34. The van der Waals surface area contributed by atoms with Gasteiger partial charge in [-0.1, -0.05) is 30.3 Å². The number of benzene rings is 2. The number of carbonyl (C=O) groups excluding carboxylic acids is 2. The summed E-state index contributed by atoms with van der Waals surface area (Å²) in [5.41, 5.74) is 1.41. The Hall–Kier alpha value is -3.39. The Kier molecular flexibility index (Phi) is 6.37. The minimum Gasteiger partial charge on any atom is -0.503 e. The van der Waals surface area contributed by atoms with Crippen molar-refractivity contribution in [3.63, 3.8) is 0 Å². The van der Waals surface area contributed by atoms with E-state index in [1.165, 1.54) is 19.2 Å². The van der Waals surface area contributed by atoms with Crippen LogP contribution in [-0.4, -0.2) is 31.3 Å². The predicted molar refractivity (Wildman–Crippen MR) is 109 cm³/mol. The summed E-state index contributed by atoms with van der Waals surface area (Å²) in [4.78, 5) is 24.9. The Morgan fingerprint density at radius 3 is 2.53 bits per heavy atom. The molecular formula is C21H21ClN2O6.